The fourth-order valence-electron chi connectivity index (χ4n) is 7.19. The number of hydrogen-bond acceptors (Lipinski definition) is 14. The fraction of sp³-hybridized carbons (Fsp3) is 0.882. The third-order valence-corrected chi connectivity index (χ3v) is 10.1. The summed E-state index contributed by atoms with van der Waals surface area (Å²) in [6.07, 6.45) is -6.32. The van der Waals surface area contributed by atoms with E-state index in [1.165, 1.54) is 34.8 Å². The van der Waals surface area contributed by atoms with E-state index >= 15 is 0 Å². The zero-order valence-corrected chi connectivity index (χ0v) is 31.0. The molecule has 2 heterocycles. The third-order valence-electron chi connectivity index (χ3n) is 10.1. The molecule has 0 aromatic heterocycles. The zero-order chi connectivity index (χ0) is 36.9. The highest BCUT2D eigenvalue weighted by Gasteiger charge is 2.52. The van der Waals surface area contributed by atoms with Crippen LogP contribution < -0.4 is 0 Å². The number of hydrogen-bond donors (Lipinski definition) is 3. The van der Waals surface area contributed by atoms with E-state index in [1.54, 1.807) is 27.7 Å². The first-order valence-electron chi connectivity index (χ1n) is 16.9. The lowest BCUT2D eigenvalue weighted by atomic mass is 9.73. The number of cyclic esters (lactones) is 1. The third kappa shape index (κ3) is 9.73. The van der Waals surface area contributed by atoms with Crippen molar-refractivity contribution in [1.82, 2.24) is 4.90 Å². The molecule has 0 aliphatic carbocycles. The van der Waals surface area contributed by atoms with Gasteiger partial charge in [-0.05, 0) is 61.1 Å². The van der Waals surface area contributed by atoms with Gasteiger partial charge in [-0.1, -0.05) is 32.9 Å². The molecule has 0 saturated carbocycles. The van der Waals surface area contributed by atoms with Crippen LogP contribution in [0.4, 0.5) is 0 Å². The van der Waals surface area contributed by atoms with Gasteiger partial charge in [0, 0.05) is 38.7 Å². The zero-order valence-electron chi connectivity index (χ0n) is 31.0. The molecule has 48 heavy (non-hydrogen) atoms. The fourth-order valence-corrected chi connectivity index (χ4v) is 7.19. The minimum Gasteiger partial charge on any atom is -0.459 e. The molecule has 3 N–H and O–H groups in total. The van der Waals surface area contributed by atoms with Crippen LogP contribution in [0.15, 0.2) is 5.16 Å². The number of carbonyl (C=O) groups is 3. The molecule has 14 nitrogen and oxygen atoms in total. The average molecular weight is 689 g/mol. The monoisotopic (exact) mass is 688 g/mol. The number of rotatable bonds is 7. The SMILES string of the molecule is CC[C@H]1OC(=O)[C@H](C)[C@@H](O)[C@H](C)[C@@H](O[C@@H]2O[C@H](C)C[C@H](N(C)C)[C@H]2OC(C)=O)[C@@](C)(OC)C[C@@H](C)/C(=N\OC(C)=O)[C@H](C)[C@@H](O)[C@]1(C)O. The number of esters is 2. The number of aliphatic hydroxyl groups excluding tert-OH is 2. The second-order valence-electron chi connectivity index (χ2n) is 14.4. The number of likely N-dealkylation sites (N-methyl/N-ethyl adjacent to an activating group) is 1. The van der Waals surface area contributed by atoms with Crippen LogP contribution in [0, 0.1) is 23.7 Å². The van der Waals surface area contributed by atoms with Crippen molar-refractivity contribution < 1.29 is 58.2 Å². The predicted octanol–water partition coefficient (Wildman–Crippen LogP) is 2.44. The van der Waals surface area contributed by atoms with Gasteiger partial charge in [0.25, 0.3) is 0 Å². The van der Waals surface area contributed by atoms with Crippen LogP contribution >= 0.6 is 0 Å². The van der Waals surface area contributed by atoms with Crippen LogP contribution in [0.5, 0.6) is 0 Å². The van der Waals surface area contributed by atoms with Gasteiger partial charge in [0.15, 0.2) is 12.4 Å². The largest absolute Gasteiger partial charge is 0.459 e. The first-order valence-corrected chi connectivity index (χ1v) is 16.9. The number of oxime groups is 1. The highest BCUT2D eigenvalue weighted by molar-refractivity contribution is 5.89. The van der Waals surface area contributed by atoms with Gasteiger partial charge in [0.2, 0.25) is 0 Å². The molecule has 0 aromatic rings. The number of ether oxygens (including phenoxy) is 5. The first kappa shape index (κ1) is 42.0. The van der Waals surface area contributed by atoms with Gasteiger partial charge in [0.05, 0.1) is 47.7 Å². The normalized spacial score (nSPS) is 42.9. The second-order valence-corrected chi connectivity index (χ2v) is 14.4. The summed E-state index contributed by atoms with van der Waals surface area (Å²) < 4.78 is 30.7. The Labute approximate surface area is 285 Å². The number of nitrogens with zero attached hydrogens (tertiary/aromatic N) is 2. The molecule has 0 spiro atoms. The topological polar surface area (TPSA) is 183 Å². The molecule has 2 aliphatic rings. The Balaban J connectivity index is 2.79. The van der Waals surface area contributed by atoms with E-state index in [1.807, 2.05) is 32.8 Å². The molecule has 2 saturated heterocycles. The van der Waals surface area contributed by atoms with E-state index in [4.69, 9.17) is 28.5 Å². The van der Waals surface area contributed by atoms with Crippen LogP contribution in [-0.2, 0) is 42.9 Å². The van der Waals surface area contributed by atoms with Crippen molar-refractivity contribution in [3.05, 3.63) is 0 Å². The van der Waals surface area contributed by atoms with Crippen molar-refractivity contribution in [3.63, 3.8) is 0 Å². The van der Waals surface area contributed by atoms with E-state index in [2.05, 4.69) is 5.16 Å². The van der Waals surface area contributed by atoms with Crippen molar-refractivity contribution in [3.8, 4) is 0 Å². The Morgan fingerprint density at radius 1 is 1.04 bits per heavy atom. The van der Waals surface area contributed by atoms with Gasteiger partial charge in [-0.2, -0.15) is 0 Å². The molecule has 14 heteroatoms. The van der Waals surface area contributed by atoms with Gasteiger partial charge in [-0.3, -0.25) is 9.59 Å². The molecule has 2 aliphatic heterocycles. The highest BCUT2D eigenvalue weighted by Crippen LogP contribution is 2.40. The summed E-state index contributed by atoms with van der Waals surface area (Å²) in [7, 11) is 5.23. The molecule has 2 rings (SSSR count). The maximum absolute atomic E-state index is 13.5. The molecule has 0 bridgehead atoms. The molecule has 0 amide bonds. The van der Waals surface area contributed by atoms with Crippen molar-refractivity contribution >= 4 is 23.6 Å². The summed E-state index contributed by atoms with van der Waals surface area (Å²) in [6.45, 7) is 15.9. The Bertz CT molecular complexity index is 1130. The maximum Gasteiger partial charge on any atom is 0.331 e. The van der Waals surface area contributed by atoms with Crippen molar-refractivity contribution in [2.45, 2.75) is 149 Å². The Morgan fingerprint density at radius 2 is 1.65 bits per heavy atom. The molecule has 2 fully saturated rings. The highest BCUT2D eigenvalue weighted by atomic mass is 16.7. The van der Waals surface area contributed by atoms with Crippen LogP contribution in [-0.4, -0.2) is 125 Å². The molecule has 0 radical (unpaired) electrons. The molecule has 0 unspecified atom stereocenters. The van der Waals surface area contributed by atoms with Gasteiger partial charge < -0.3 is 48.7 Å². The number of carbonyl (C=O) groups excluding carboxylic acids is 3. The predicted molar refractivity (Wildman–Crippen MR) is 176 cm³/mol. The summed E-state index contributed by atoms with van der Waals surface area (Å²) >= 11 is 0. The molecule has 0 aromatic carbocycles. The van der Waals surface area contributed by atoms with E-state index in [0.29, 0.717) is 6.42 Å². The molecular formula is C34H60N2O12. The molecule has 278 valence electrons. The molecular weight excluding hydrogens is 628 g/mol. The van der Waals surface area contributed by atoms with Crippen LogP contribution in [0.2, 0.25) is 0 Å². The van der Waals surface area contributed by atoms with E-state index < -0.39 is 89.6 Å². The summed E-state index contributed by atoms with van der Waals surface area (Å²) in [6, 6.07) is -0.258. The van der Waals surface area contributed by atoms with Crippen molar-refractivity contribution in [2.75, 3.05) is 21.2 Å². The summed E-state index contributed by atoms with van der Waals surface area (Å²) in [5.74, 6) is -5.32. The van der Waals surface area contributed by atoms with Crippen LogP contribution in [0.3, 0.4) is 0 Å². The Hall–Kier alpha value is -2.20. The van der Waals surface area contributed by atoms with Gasteiger partial charge >= 0.3 is 17.9 Å². The maximum atomic E-state index is 13.5. The lowest BCUT2D eigenvalue weighted by Crippen LogP contribution is -2.61. The quantitative estimate of drug-likeness (QED) is 0.202. The van der Waals surface area contributed by atoms with Gasteiger partial charge in [-0.25, -0.2) is 4.79 Å². The standard InChI is InChI=1S/C34H60N2O12/c1-14-25-34(10,42)29(40)19(4)26(35-48-23(8)38)17(2)16-33(9,43-13)30(20(5)27(39)21(6)31(41)46-25)47-32-28(45-22(7)37)24(36(11)12)15-18(3)44-32/h17-21,24-25,27-30,32,39-40,42H,14-16H2,1-13H3/b35-26+/t17-,18-,19+,20+,21-,24+,25-,27+,28-,29-,30-,32+,33+,34-/m1/s1. The smallest absolute Gasteiger partial charge is 0.331 e. The minimum absolute atomic E-state index is 0.151. The summed E-state index contributed by atoms with van der Waals surface area (Å²) in [5.41, 5.74) is -2.95. The average Bonchev–Trinajstić information content (AvgIpc) is 3.00. The number of aliphatic hydroxyl groups is 3. The van der Waals surface area contributed by atoms with Crippen LogP contribution in [0.1, 0.15) is 88.5 Å². The van der Waals surface area contributed by atoms with Crippen molar-refractivity contribution in [1.29, 1.82) is 0 Å². The Morgan fingerprint density at radius 3 is 2.15 bits per heavy atom. The van der Waals surface area contributed by atoms with E-state index in [9.17, 15) is 29.7 Å². The van der Waals surface area contributed by atoms with Gasteiger partial charge in [-0.15, -0.1) is 0 Å². The van der Waals surface area contributed by atoms with Crippen molar-refractivity contribution in [2.24, 2.45) is 28.8 Å². The Kier molecular flexibility index (Phi) is 15.0. The first-order chi connectivity index (χ1) is 22.1. The second kappa shape index (κ2) is 17.1. The van der Waals surface area contributed by atoms with Gasteiger partial charge in [0.1, 0.15) is 11.7 Å². The lowest BCUT2D eigenvalue weighted by molar-refractivity contribution is -0.303. The van der Waals surface area contributed by atoms with E-state index in [0.717, 1.165) is 0 Å². The molecule has 14 atom stereocenters. The van der Waals surface area contributed by atoms with E-state index in [-0.39, 0.29) is 30.7 Å². The lowest BCUT2D eigenvalue weighted by Gasteiger charge is -2.48. The number of methoxy groups -OCH3 is 1. The summed E-state index contributed by atoms with van der Waals surface area (Å²) in [4.78, 5) is 44.7. The minimum atomic E-state index is -1.94. The summed E-state index contributed by atoms with van der Waals surface area (Å²) in [5, 5.41) is 39.0. The van der Waals surface area contributed by atoms with Crippen LogP contribution in [0.25, 0.3) is 0 Å².